The standard InChI is InChI=1S/C26H38N4OSi2/c1-32(2,3)29(20-22-14-9-7-10-15-22)27-24-18-13-19-25(31)26(24)28-30(33(4,5)6)21-23-16-11-8-12-17-23/h7-12,14-17H,13,18-21H2,1-6H3. The van der Waals surface area contributed by atoms with Gasteiger partial charge in [-0.2, -0.15) is 10.2 Å². The van der Waals surface area contributed by atoms with Gasteiger partial charge in [-0.15, -0.1) is 0 Å². The normalized spacial score (nSPS) is 17.5. The molecule has 1 aliphatic carbocycles. The van der Waals surface area contributed by atoms with E-state index in [-0.39, 0.29) is 5.78 Å². The molecule has 2 aromatic rings. The molecule has 0 spiro atoms. The molecule has 176 valence electrons. The van der Waals surface area contributed by atoms with Crippen molar-refractivity contribution in [1.29, 1.82) is 0 Å². The van der Waals surface area contributed by atoms with E-state index >= 15 is 0 Å². The summed E-state index contributed by atoms with van der Waals surface area (Å²) < 4.78 is 4.41. The molecule has 7 heteroatoms. The Morgan fingerprint density at radius 3 is 1.61 bits per heavy atom. The molecule has 1 fully saturated rings. The fraction of sp³-hybridized carbons (Fsp3) is 0.423. The van der Waals surface area contributed by atoms with Crippen molar-refractivity contribution in [2.45, 2.75) is 71.6 Å². The molecule has 0 amide bonds. The Balaban J connectivity index is 1.98. The van der Waals surface area contributed by atoms with Gasteiger partial charge in [-0.1, -0.05) is 99.9 Å². The quantitative estimate of drug-likeness (QED) is 0.339. The number of hydrogen-bond donors (Lipinski definition) is 0. The van der Waals surface area contributed by atoms with E-state index < -0.39 is 16.5 Å². The summed E-state index contributed by atoms with van der Waals surface area (Å²) in [6.45, 7) is 15.2. The number of hydrazone groups is 2. The molecule has 2 aromatic carbocycles. The first-order chi connectivity index (χ1) is 15.5. The summed E-state index contributed by atoms with van der Waals surface area (Å²) in [5.41, 5.74) is 3.85. The lowest BCUT2D eigenvalue weighted by Gasteiger charge is -2.35. The van der Waals surface area contributed by atoms with E-state index in [1.54, 1.807) is 0 Å². The molecule has 0 saturated heterocycles. The minimum atomic E-state index is -1.82. The Morgan fingerprint density at radius 1 is 0.697 bits per heavy atom. The molecule has 1 aliphatic rings. The maximum absolute atomic E-state index is 13.1. The number of Topliss-reactive ketones (excluding diaryl/α,β-unsaturated/α-hetero) is 1. The van der Waals surface area contributed by atoms with Crippen molar-refractivity contribution >= 4 is 33.7 Å². The molecule has 0 N–H and O–H groups in total. The van der Waals surface area contributed by atoms with Crippen LogP contribution in [0.5, 0.6) is 0 Å². The molecule has 33 heavy (non-hydrogen) atoms. The predicted octanol–water partition coefficient (Wildman–Crippen LogP) is 6.13. The maximum atomic E-state index is 13.1. The zero-order valence-corrected chi connectivity index (χ0v) is 23.0. The van der Waals surface area contributed by atoms with Gasteiger partial charge in [0.25, 0.3) is 0 Å². The van der Waals surface area contributed by atoms with Crippen molar-refractivity contribution in [2.75, 3.05) is 0 Å². The first kappa shape index (κ1) is 25.1. The molecule has 0 bridgehead atoms. The average Bonchev–Trinajstić information content (AvgIpc) is 2.75. The minimum Gasteiger partial charge on any atom is -0.320 e. The van der Waals surface area contributed by atoms with Crippen LogP contribution >= 0.6 is 0 Å². The molecule has 0 aliphatic heterocycles. The van der Waals surface area contributed by atoms with Gasteiger partial charge in [-0.3, -0.25) is 4.79 Å². The van der Waals surface area contributed by atoms with Gasteiger partial charge in [-0.25, -0.2) is 0 Å². The number of rotatable bonds is 8. The van der Waals surface area contributed by atoms with Gasteiger partial charge >= 0.3 is 0 Å². The zero-order chi connectivity index (χ0) is 24.1. The second-order valence-corrected chi connectivity index (χ2v) is 20.4. The molecule has 0 unspecified atom stereocenters. The van der Waals surface area contributed by atoms with Crippen LogP contribution in [0.4, 0.5) is 0 Å². The highest BCUT2D eigenvalue weighted by molar-refractivity contribution is 6.75. The largest absolute Gasteiger partial charge is 0.320 e. The van der Waals surface area contributed by atoms with E-state index in [1.165, 1.54) is 11.1 Å². The van der Waals surface area contributed by atoms with Gasteiger partial charge in [0.2, 0.25) is 0 Å². The van der Waals surface area contributed by atoms with Crippen LogP contribution in [0.2, 0.25) is 39.3 Å². The van der Waals surface area contributed by atoms with E-state index in [0.29, 0.717) is 18.7 Å². The summed E-state index contributed by atoms with van der Waals surface area (Å²) in [5.74, 6) is 0.117. The van der Waals surface area contributed by atoms with E-state index in [9.17, 15) is 4.79 Å². The number of carbonyl (C=O) groups is 1. The molecule has 5 nitrogen and oxygen atoms in total. The Bertz CT molecular complexity index is 992. The summed E-state index contributed by atoms with van der Waals surface area (Å²) in [7, 11) is -3.58. The van der Waals surface area contributed by atoms with Gasteiger partial charge < -0.3 is 9.35 Å². The van der Waals surface area contributed by atoms with Gasteiger partial charge in [-0.05, 0) is 24.0 Å². The van der Waals surface area contributed by atoms with Crippen LogP contribution in [0.3, 0.4) is 0 Å². The lowest BCUT2D eigenvalue weighted by molar-refractivity contribution is -0.113. The van der Waals surface area contributed by atoms with Gasteiger partial charge in [0, 0.05) is 6.42 Å². The first-order valence-electron chi connectivity index (χ1n) is 11.9. The monoisotopic (exact) mass is 478 g/mol. The van der Waals surface area contributed by atoms with Crippen molar-refractivity contribution in [3.8, 4) is 0 Å². The summed E-state index contributed by atoms with van der Waals surface area (Å²) in [6.07, 6.45) is 2.19. The van der Waals surface area contributed by atoms with E-state index in [2.05, 4.69) is 97.2 Å². The second kappa shape index (κ2) is 10.6. The van der Waals surface area contributed by atoms with Crippen LogP contribution in [0.25, 0.3) is 0 Å². The second-order valence-electron chi connectivity index (χ2n) is 10.7. The van der Waals surface area contributed by atoms with Crippen molar-refractivity contribution in [2.24, 2.45) is 10.2 Å². The third kappa shape index (κ3) is 7.23. The van der Waals surface area contributed by atoms with Crippen molar-refractivity contribution in [3.63, 3.8) is 0 Å². The Labute approximate surface area is 201 Å². The minimum absolute atomic E-state index is 0.117. The topological polar surface area (TPSA) is 48.3 Å². The summed E-state index contributed by atoms with van der Waals surface area (Å²) in [6, 6.07) is 20.8. The number of benzene rings is 2. The van der Waals surface area contributed by atoms with Crippen LogP contribution in [0.1, 0.15) is 30.4 Å². The van der Waals surface area contributed by atoms with Gasteiger partial charge in [0.1, 0.15) is 5.71 Å². The van der Waals surface area contributed by atoms with Gasteiger partial charge in [0.05, 0.1) is 18.8 Å². The Morgan fingerprint density at radius 2 is 1.15 bits per heavy atom. The average molecular weight is 479 g/mol. The fourth-order valence-electron chi connectivity index (χ4n) is 3.65. The lowest BCUT2D eigenvalue weighted by Crippen LogP contribution is -2.46. The highest BCUT2D eigenvalue weighted by Gasteiger charge is 2.31. The zero-order valence-electron chi connectivity index (χ0n) is 21.0. The Kier molecular flexibility index (Phi) is 8.07. The SMILES string of the molecule is C[Si](C)(C)N(Cc1ccccc1)N=C1CCCC(=O)C1=NN(Cc1ccccc1)[Si](C)(C)C. The molecule has 3 rings (SSSR count). The van der Waals surface area contributed by atoms with Crippen LogP contribution in [-0.4, -0.2) is 43.0 Å². The van der Waals surface area contributed by atoms with Crippen molar-refractivity contribution in [3.05, 3.63) is 71.8 Å². The van der Waals surface area contributed by atoms with Crippen LogP contribution in [0.15, 0.2) is 70.9 Å². The van der Waals surface area contributed by atoms with Crippen LogP contribution in [-0.2, 0) is 17.9 Å². The smallest absolute Gasteiger partial charge is 0.184 e. The lowest BCUT2D eigenvalue weighted by atomic mass is 9.95. The first-order valence-corrected chi connectivity index (χ1v) is 18.8. The van der Waals surface area contributed by atoms with E-state index in [0.717, 1.165) is 25.1 Å². The highest BCUT2D eigenvalue weighted by Crippen LogP contribution is 2.21. The number of nitrogens with zero attached hydrogens (tertiary/aromatic N) is 4. The summed E-state index contributed by atoms with van der Waals surface area (Å²) in [4.78, 5) is 13.1. The van der Waals surface area contributed by atoms with E-state index in [4.69, 9.17) is 10.2 Å². The van der Waals surface area contributed by atoms with Gasteiger partial charge in [0.15, 0.2) is 22.3 Å². The molecule has 0 radical (unpaired) electrons. The number of hydrogen-bond acceptors (Lipinski definition) is 5. The van der Waals surface area contributed by atoms with Crippen molar-refractivity contribution < 1.29 is 4.79 Å². The van der Waals surface area contributed by atoms with Crippen molar-refractivity contribution in [1.82, 2.24) is 9.35 Å². The summed E-state index contributed by atoms with van der Waals surface area (Å²) in [5, 5.41) is 10.2. The molecule has 0 heterocycles. The highest BCUT2D eigenvalue weighted by atomic mass is 28.3. The molecular formula is C26H38N4OSi2. The number of carbonyl (C=O) groups excluding carboxylic acids is 1. The van der Waals surface area contributed by atoms with Crippen LogP contribution < -0.4 is 0 Å². The summed E-state index contributed by atoms with van der Waals surface area (Å²) >= 11 is 0. The molecule has 0 aromatic heterocycles. The number of ketones is 1. The third-order valence-corrected chi connectivity index (χ3v) is 9.33. The predicted molar refractivity (Wildman–Crippen MR) is 144 cm³/mol. The molecule has 1 saturated carbocycles. The maximum Gasteiger partial charge on any atom is 0.184 e. The van der Waals surface area contributed by atoms with E-state index in [1.807, 2.05) is 12.1 Å². The molecular weight excluding hydrogens is 440 g/mol. The fourth-order valence-corrected chi connectivity index (χ4v) is 5.78. The third-order valence-electron chi connectivity index (χ3n) is 5.72. The Hall–Kier alpha value is -2.52. The van der Waals surface area contributed by atoms with Crippen LogP contribution in [0, 0.1) is 0 Å². The molecule has 0 atom stereocenters.